The number of anilines is 1. The number of para-hydroxylation sites is 1. The normalized spacial score (nSPS) is 20.3. The summed E-state index contributed by atoms with van der Waals surface area (Å²) < 4.78 is 11.3. The number of unbranched alkanes of at least 4 members (excludes halogenated alkanes) is 1. The molecule has 0 saturated carbocycles. The molecule has 3 aliphatic rings. The van der Waals surface area contributed by atoms with Crippen molar-refractivity contribution in [2.45, 2.75) is 57.1 Å². The fourth-order valence-electron chi connectivity index (χ4n) is 5.88. The predicted molar refractivity (Wildman–Crippen MR) is 152 cm³/mol. The molecule has 40 heavy (non-hydrogen) atoms. The van der Waals surface area contributed by atoms with Gasteiger partial charge in [0.25, 0.3) is 11.8 Å². The van der Waals surface area contributed by atoms with Gasteiger partial charge in [0.2, 0.25) is 5.91 Å². The highest BCUT2D eigenvalue weighted by atomic mass is 16.5. The minimum Gasteiger partial charge on any atom is -0.494 e. The van der Waals surface area contributed by atoms with Crippen LogP contribution in [0.1, 0.15) is 55.8 Å². The van der Waals surface area contributed by atoms with Crippen LogP contribution < -0.4 is 15.0 Å². The minimum atomic E-state index is -0.788. The molecule has 1 atom stereocenters. The lowest BCUT2D eigenvalue weighted by molar-refractivity contribution is -0.137. The van der Waals surface area contributed by atoms with Crippen LogP contribution in [0.4, 0.5) is 5.69 Å². The second kappa shape index (κ2) is 12.7. The van der Waals surface area contributed by atoms with Crippen molar-refractivity contribution in [2.24, 2.45) is 0 Å². The van der Waals surface area contributed by atoms with Crippen molar-refractivity contribution in [1.29, 1.82) is 0 Å². The third kappa shape index (κ3) is 6.09. The van der Waals surface area contributed by atoms with Gasteiger partial charge in [-0.05, 0) is 68.5 Å². The van der Waals surface area contributed by atoms with Gasteiger partial charge in [0.1, 0.15) is 17.8 Å². The molecule has 3 saturated heterocycles. The van der Waals surface area contributed by atoms with Crippen molar-refractivity contribution in [1.82, 2.24) is 15.1 Å². The van der Waals surface area contributed by atoms with Crippen LogP contribution in [0.3, 0.4) is 0 Å². The van der Waals surface area contributed by atoms with Gasteiger partial charge in [0.15, 0.2) is 0 Å². The number of hydrogen-bond donors (Lipinski definition) is 1. The van der Waals surface area contributed by atoms with E-state index in [4.69, 9.17) is 9.47 Å². The summed E-state index contributed by atoms with van der Waals surface area (Å²) in [6.45, 7) is 5.25. The van der Waals surface area contributed by atoms with Crippen molar-refractivity contribution in [2.75, 3.05) is 51.0 Å². The van der Waals surface area contributed by atoms with E-state index in [9.17, 15) is 14.4 Å². The molecule has 9 nitrogen and oxygen atoms in total. The molecule has 1 unspecified atom stereocenters. The van der Waals surface area contributed by atoms with Gasteiger partial charge < -0.3 is 29.5 Å². The maximum absolute atomic E-state index is 13.9. The van der Waals surface area contributed by atoms with Crippen LogP contribution in [0.2, 0.25) is 0 Å². The fourth-order valence-corrected chi connectivity index (χ4v) is 5.88. The Hall–Kier alpha value is -3.59. The van der Waals surface area contributed by atoms with Crippen LogP contribution in [-0.4, -0.2) is 85.2 Å². The van der Waals surface area contributed by atoms with Crippen LogP contribution in [0.25, 0.3) is 0 Å². The summed E-state index contributed by atoms with van der Waals surface area (Å²) in [6, 6.07) is 17.2. The topological polar surface area (TPSA) is 91.4 Å². The van der Waals surface area contributed by atoms with Crippen LogP contribution in [-0.2, 0) is 14.3 Å². The van der Waals surface area contributed by atoms with E-state index in [1.54, 1.807) is 4.90 Å². The lowest BCUT2D eigenvalue weighted by atomic mass is 9.85. The first kappa shape index (κ1) is 28.0. The molecule has 0 bridgehead atoms. The number of benzene rings is 2. The summed E-state index contributed by atoms with van der Waals surface area (Å²) in [6.07, 6.45) is 5.07. The van der Waals surface area contributed by atoms with Gasteiger partial charge in [0.05, 0.1) is 19.4 Å². The van der Waals surface area contributed by atoms with E-state index < -0.39 is 5.54 Å². The zero-order valence-electron chi connectivity index (χ0n) is 23.3. The first-order valence-corrected chi connectivity index (χ1v) is 14.5. The van der Waals surface area contributed by atoms with E-state index in [1.165, 1.54) is 0 Å². The summed E-state index contributed by atoms with van der Waals surface area (Å²) >= 11 is 0. The summed E-state index contributed by atoms with van der Waals surface area (Å²) in [7, 11) is 0. The number of piperidine rings is 1. The van der Waals surface area contributed by atoms with Crippen molar-refractivity contribution >= 4 is 23.4 Å². The number of carbonyl (C=O) groups excluding carboxylic acids is 3. The maximum Gasteiger partial charge on any atom is 0.253 e. The standard InChI is InChI=1S/C31H40N4O5/c1-2-3-19-39-26-13-11-24(12-14-26)29(37)33-17-15-31(16-18-33)30(38)34(23-35(31)25-8-5-4-6-9-25)22-28(36)32-21-27-10-7-20-40-27/h4-6,8-9,11-14,27H,2-3,7,10,15-23H2,1H3,(H,32,36). The average molecular weight is 549 g/mol. The Morgan fingerprint density at radius 2 is 1.82 bits per heavy atom. The average Bonchev–Trinajstić information content (AvgIpc) is 3.60. The van der Waals surface area contributed by atoms with Crippen LogP contribution in [0.15, 0.2) is 54.6 Å². The predicted octanol–water partition coefficient (Wildman–Crippen LogP) is 3.44. The summed E-state index contributed by atoms with van der Waals surface area (Å²) in [4.78, 5) is 45.6. The van der Waals surface area contributed by atoms with E-state index in [2.05, 4.69) is 17.1 Å². The smallest absolute Gasteiger partial charge is 0.253 e. The fraction of sp³-hybridized carbons (Fsp3) is 0.516. The van der Waals surface area contributed by atoms with Gasteiger partial charge in [0, 0.05) is 37.5 Å². The molecule has 0 aliphatic carbocycles. The Labute approximate surface area is 236 Å². The third-order valence-electron chi connectivity index (χ3n) is 8.21. The van der Waals surface area contributed by atoms with Gasteiger partial charge in [-0.3, -0.25) is 14.4 Å². The summed E-state index contributed by atoms with van der Waals surface area (Å²) in [5.74, 6) is 0.488. The molecule has 0 aromatic heterocycles. The van der Waals surface area contributed by atoms with Crippen molar-refractivity contribution in [3.8, 4) is 5.75 Å². The largest absolute Gasteiger partial charge is 0.494 e. The number of nitrogens with one attached hydrogen (secondary N) is 1. The lowest BCUT2D eigenvalue weighted by Gasteiger charge is -2.43. The number of amides is 3. The van der Waals surface area contributed by atoms with Crippen molar-refractivity contribution in [3.05, 3.63) is 60.2 Å². The molecule has 1 spiro atoms. The van der Waals surface area contributed by atoms with E-state index in [-0.39, 0.29) is 30.4 Å². The third-order valence-corrected chi connectivity index (χ3v) is 8.21. The highest BCUT2D eigenvalue weighted by Gasteiger charge is 2.54. The molecule has 214 valence electrons. The first-order valence-electron chi connectivity index (χ1n) is 14.5. The Kier molecular flexibility index (Phi) is 8.89. The number of nitrogens with zero attached hydrogens (tertiary/aromatic N) is 3. The number of likely N-dealkylation sites (tertiary alicyclic amines) is 1. The number of carbonyl (C=O) groups is 3. The molecule has 5 rings (SSSR count). The minimum absolute atomic E-state index is 0.00591. The Morgan fingerprint density at radius 1 is 1.07 bits per heavy atom. The zero-order valence-corrected chi connectivity index (χ0v) is 23.3. The quantitative estimate of drug-likeness (QED) is 0.458. The van der Waals surface area contributed by atoms with Crippen LogP contribution >= 0.6 is 0 Å². The molecule has 2 aromatic carbocycles. The van der Waals surface area contributed by atoms with Crippen molar-refractivity contribution < 1.29 is 23.9 Å². The highest BCUT2D eigenvalue weighted by Crippen LogP contribution is 2.39. The summed E-state index contributed by atoms with van der Waals surface area (Å²) in [5.41, 5.74) is 0.766. The van der Waals surface area contributed by atoms with E-state index in [0.29, 0.717) is 51.3 Å². The number of rotatable bonds is 10. The Bertz CT molecular complexity index is 1160. The zero-order chi connectivity index (χ0) is 28.0. The highest BCUT2D eigenvalue weighted by molar-refractivity contribution is 5.97. The molecule has 0 radical (unpaired) electrons. The molecule has 9 heteroatoms. The Balaban J connectivity index is 1.24. The first-order chi connectivity index (χ1) is 19.5. The molecule has 3 amide bonds. The number of hydrogen-bond acceptors (Lipinski definition) is 6. The molecule has 1 N–H and O–H groups in total. The summed E-state index contributed by atoms with van der Waals surface area (Å²) in [5, 5.41) is 2.94. The van der Waals surface area contributed by atoms with E-state index in [1.807, 2.05) is 59.5 Å². The van der Waals surface area contributed by atoms with Gasteiger partial charge in [-0.2, -0.15) is 0 Å². The van der Waals surface area contributed by atoms with E-state index >= 15 is 0 Å². The van der Waals surface area contributed by atoms with Crippen LogP contribution in [0.5, 0.6) is 5.75 Å². The van der Waals surface area contributed by atoms with Gasteiger partial charge in [-0.25, -0.2) is 0 Å². The molecular formula is C31H40N4O5. The molecule has 3 aliphatic heterocycles. The second-order valence-corrected chi connectivity index (χ2v) is 10.9. The second-order valence-electron chi connectivity index (χ2n) is 10.9. The van der Waals surface area contributed by atoms with E-state index in [0.717, 1.165) is 43.7 Å². The lowest BCUT2D eigenvalue weighted by Crippen LogP contribution is -2.57. The molecule has 3 heterocycles. The molecule has 3 fully saturated rings. The van der Waals surface area contributed by atoms with Gasteiger partial charge >= 0.3 is 0 Å². The molecular weight excluding hydrogens is 508 g/mol. The monoisotopic (exact) mass is 548 g/mol. The SMILES string of the molecule is CCCCOc1ccc(C(=O)N2CCC3(CC2)C(=O)N(CC(=O)NCC2CCCO2)CN3c2ccccc2)cc1. The maximum atomic E-state index is 13.9. The van der Waals surface area contributed by atoms with Crippen molar-refractivity contribution in [3.63, 3.8) is 0 Å². The Morgan fingerprint density at radius 3 is 2.50 bits per heavy atom. The molecule has 2 aromatic rings. The van der Waals surface area contributed by atoms with Gasteiger partial charge in [-0.15, -0.1) is 0 Å². The van der Waals surface area contributed by atoms with Gasteiger partial charge in [-0.1, -0.05) is 31.5 Å². The van der Waals surface area contributed by atoms with Crippen LogP contribution in [0, 0.1) is 0 Å². The number of ether oxygens (including phenoxy) is 2.